The molecule has 7 heteroatoms. The third-order valence-electron chi connectivity index (χ3n) is 2.15. The lowest BCUT2D eigenvalue weighted by Crippen LogP contribution is -2.37. The highest BCUT2D eigenvalue weighted by Gasteiger charge is 2.49. The Labute approximate surface area is 110 Å². The van der Waals surface area contributed by atoms with Gasteiger partial charge in [-0.05, 0) is 19.1 Å². The maximum absolute atomic E-state index is 13.5. The van der Waals surface area contributed by atoms with Gasteiger partial charge in [0, 0.05) is 10.0 Å². The number of esters is 1. The van der Waals surface area contributed by atoms with Crippen molar-refractivity contribution in [2.75, 3.05) is 6.61 Å². The molecule has 1 unspecified atom stereocenters. The van der Waals surface area contributed by atoms with Gasteiger partial charge >= 0.3 is 11.9 Å². The lowest BCUT2D eigenvalue weighted by molar-refractivity contribution is -0.189. The molecule has 0 spiro atoms. The highest BCUT2D eigenvalue weighted by molar-refractivity contribution is 9.10. The smallest absolute Gasteiger partial charge is 0.380 e. The molecular formula is C11H10BrF3O3. The van der Waals surface area contributed by atoms with Crippen molar-refractivity contribution >= 4 is 21.9 Å². The molecule has 0 aliphatic rings. The van der Waals surface area contributed by atoms with Crippen LogP contribution in [0.25, 0.3) is 0 Å². The van der Waals surface area contributed by atoms with E-state index in [1.165, 1.54) is 6.92 Å². The number of ether oxygens (including phenoxy) is 1. The van der Waals surface area contributed by atoms with Crippen molar-refractivity contribution in [3.05, 3.63) is 34.1 Å². The van der Waals surface area contributed by atoms with Crippen molar-refractivity contribution in [2.45, 2.75) is 19.0 Å². The number of carbonyl (C=O) groups excluding carboxylic acids is 1. The Bertz CT molecular complexity index is 451. The number of hydrogen-bond donors (Lipinski definition) is 1. The maximum atomic E-state index is 13.5. The summed E-state index contributed by atoms with van der Waals surface area (Å²) in [7, 11) is 0. The first-order chi connectivity index (χ1) is 8.30. The number of hydrogen-bond acceptors (Lipinski definition) is 3. The summed E-state index contributed by atoms with van der Waals surface area (Å²) >= 11 is 2.84. The van der Waals surface area contributed by atoms with E-state index in [-0.39, 0.29) is 16.6 Å². The highest BCUT2D eigenvalue weighted by Crippen LogP contribution is 2.36. The van der Waals surface area contributed by atoms with E-state index in [1.54, 1.807) is 0 Å². The predicted octanol–water partition coefficient (Wildman–Crippen LogP) is 2.82. The Morgan fingerprint density at radius 3 is 2.67 bits per heavy atom. The van der Waals surface area contributed by atoms with Crippen molar-refractivity contribution in [1.29, 1.82) is 0 Å². The number of halogens is 4. The van der Waals surface area contributed by atoms with Gasteiger partial charge in [0.05, 0.1) is 6.61 Å². The fourth-order valence-electron chi connectivity index (χ4n) is 1.26. The Balaban J connectivity index is 3.05. The summed E-state index contributed by atoms with van der Waals surface area (Å²) in [5.74, 6) is -6.58. The molecule has 1 N–H and O–H groups in total. The van der Waals surface area contributed by atoms with Crippen molar-refractivity contribution < 1.29 is 27.8 Å². The predicted molar refractivity (Wildman–Crippen MR) is 60.6 cm³/mol. The fraction of sp³-hybridized carbons (Fsp3) is 0.364. The van der Waals surface area contributed by atoms with Crippen molar-refractivity contribution in [1.82, 2.24) is 0 Å². The van der Waals surface area contributed by atoms with Crippen LogP contribution in [-0.2, 0) is 9.53 Å². The van der Waals surface area contributed by atoms with E-state index in [9.17, 15) is 23.1 Å². The standard InChI is InChI=1S/C11H10BrF3O3/c1-2-18-10(17)11(14,15)9(16)7-4-3-6(13)5-8(7)12/h3-5,9,16H,2H2,1H3. The Hall–Kier alpha value is -1.08. The van der Waals surface area contributed by atoms with Gasteiger partial charge in [-0.15, -0.1) is 0 Å². The van der Waals surface area contributed by atoms with Crippen molar-refractivity contribution in [2.24, 2.45) is 0 Å². The second-order valence-corrected chi connectivity index (χ2v) is 4.27. The van der Waals surface area contributed by atoms with Gasteiger partial charge in [0.2, 0.25) is 0 Å². The normalized spacial score (nSPS) is 13.2. The zero-order chi connectivity index (χ0) is 13.9. The molecule has 0 aromatic heterocycles. The van der Waals surface area contributed by atoms with E-state index in [0.29, 0.717) is 0 Å². The number of rotatable bonds is 4. The SMILES string of the molecule is CCOC(=O)C(F)(F)C(O)c1ccc(F)cc1Br. The van der Waals surface area contributed by atoms with Gasteiger partial charge in [0.25, 0.3) is 0 Å². The maximum Gasteiger partial charge on any atom is 0.380 e. The Morgan fingerprint density at radius 2 is 2.17 bits per heavy atom. The summed E-state index contributed by atoms with van der Waals surface area (Å²) in [6.07, 6.45) is -2.41. The summed E-state index contributed by atoms with van der Waals surface area (Å²) in [4.78, 5) is 11.0. The highest BCUT2D eigenvalue weighted by atomic mass is 79.9. The second-order valence-electron chi connectivity index (χ2n) is 3.41. The van der Waals surface area contributed by atoms with Crippen LogP contribution in [0.1, 0.15) is 18.6 Å². The summed E-state index contributed by atoms with van der Waals surface area (Å²) < 4.78 is 44.0. The van der Waals surface area contributed by atoms with E-state index in [4.69, 9.17) is 0 Å². The molecular weight excluding hydrogens is 317 g/mol. The van der Waals surface area contributed by atoms with Gasteiger partial charge in [-0.3, -0.25) is 0 Å². The van der Waals surface area contributed by atoms with Gasteiger partial charge in [0.1, 0.15) is 5.82 Å². The molecule has 0 saturated carbocycles. The summed E-state index contributed by atoms with van der Waals surface area (Å²) in [6.45, 7) is 1.14. The molecule has 1 aromatic rings. The molecule has 1 aromatic carbocycles. The largest absolute Gasteiger partial charge is 0.461 e. The zero-order valence-electron chi connectivity index (χ0n) is 9.29. The van der Waals surface area contributed by atoms with Crippen LogP contribution in [0.5, 0.6) is 0 Å². The van der Waals surface area contributed by atoms with E-state index < -0.39 is 23.8 Å². The monoisotopic (exact) mass is 326 g/mol. The average Bonchev–Trinajstić information content (AvgIpc) is 2.28. The van der Waals surface area contributed by atoms with Crippen LogP contribution in [0.2, 0.25) is 0 Å². The van der Waals surface area contributed by atoms with E-state index in [2.05, 4.69) is 20.7 Å². The third-order valence-corrected chi connectivity index (χ3v) is 2.83. The first-order valence-electron chi connectivity index (χ1n) is 4.98. The van der Waals surface area contributed by atoms with Crippen LogP contribution in [0, 0.1) is 5.82 Å². The van der Waals surface area contributed by atoms with Gasteiger partial charge in [-0.2, -0.15) is 8.78 Å². The van der Waals surface area contributed by atoms with Crippen LogP contribution < -0.4 is 0 Å². The van der Waals surface area contributed by atoms with Crippen LogP contribution >= 0.6 is 15.9 Å². The van der Waals surface area contributed by atoms with E-state index >= 15 is 0 Å². The molecule has 1 rings (SSSR count). The molecule has 0 saturated heterocycles. The Morgan fingerprint density at radius 1 is 1.56 bits per heavy atom. The van der Waals surface area contributed by atoms with Gasteiger partial charge < -0.3 is 9.84 Å². The van der Waals surface area contributed by atoms with Crippen molar-refractivity contribution in [3.8, 4) is 0 Å². The minimum atomic E-state index is -4.10. The van der Waals surface area contributed by atoms with Crippen LogP contribution in [0.4, 0.5) is 13.2 Å². The number of carbonyl (C=O) groups is 1. The number of aliphatic hydroxyl groups excluding tert-OH is 1. The molecule has 0 aliphatic carbocycles. The topological polar surface area (TPSA) is 46.5 Å². The van der Waals surface area contributed by atoms with E-state index in [1.807, 2.05) is 0 Å². The summed E-state index contributed by atoms with van der Waals surface area (Å²) in [6, 6.07) is 2.79. The molecule has 0 fully saturated rings. The molecule has 1 atom stereocenters. The number of alkyl halides is 2. The molecule has 3 nitrogen and oxygen atoms in total. The van der Waals surface area contributed by atoms with Gasteiger partial charge in [-0.25, -0.2) is 9.18 Å². The quantitative estimate of drug-likeness (QED) is 0.865. The molecule has 0 aliphatic heterocycles. The minimum Gasteiger partial charge on any atom is -0.461 e. The Kier molecular flexibility index (Phi) is 4.75. The summed E-state index contributed by atoms with van der Waals surface area (Å²) in [5.41, 5.74) is -0.297. The molecule has 0 amide bonds. The number of benzene rings is 1. The second kappa shape index (κ2) is 5.71. The fourth-order valence-corrected chi connectivity index (χ4v) is 1.83. The zero-order valence-corrected chi connectivity index (χ0v) is 10.9. The van der Waals surface area contributed by atoms with Crippen LogP contribution in [-0.4, -0.2) is 23.6 Å². The molecule has 0 radical (unpaired) electrons. The van der Waals surface area contributed by atoms with Crippen LogP contribution in [0.15, 0.2) is 22.7 Å². The lowest BCUT2D eigenvalue weighted by atomic mass is 10.0. The summed E-state index contributed by atoms with van der Waals surface area (Å²) in [5, 5.41) is 9.51. The molecule has 0 heterocycles. The van der Waals surface area contributed by atoms with E-state index in [0.717, 1.165) is 18.2 Å². The van der Waals surface area contributed by atoms with Gasteiger partial charge in [-0.1, -0.05) is 22.0 Å². The van der Waals surface area contributed by atoms with Crippen molar-refractivity contribution in [3.63, 3.8) is 0 Å². The van der Waals surface area contributed by atoms with Crippen LogP contribution in [0.3, 0.4) is 0 Å². The number of aliphatic hydroxyl groups is 1. The first kappa shape index (κ1) is 15.0. The first-order valence-corrected chi connectivity index (χ1v) is 5.78. The third kappa shape index (κ3) is 3.02. The van der Waals surface area contributed by atoms with Gasteiger partial charge in [0.15, 0.2) is 6.10 Å². The lowest BCUT2D eigenvalue weighted by Gasteiger charge is -2.21. The molecule has 100 valence electrons. The molecule has 0 bridgehead atoms. The average molecular weight is 327 g/mol. The molecule has 18 heavy (non-hydrogen) atoms. The minimum absolute atomic E-state index is 0.0565.